The van der Waals surface area contributed by atoms with Crippen LogP contribution in [0.15, 0.2) is 28.9 Å². The van der Waals surface area contributed by atoms with Gasteiger partial charge in [-0.15, -0.1) is 0 Å². The molecule has 0 fully saturated rings. The van der Waals surface area contributed by atoms with Crippen molar-refractivity contribution in [3.63, 3.8) is 0 Å². The lowest BCUT2D eigenvalue weighted by molar-refractivity contribution is -0.120. The summed E-state index contributed by atoms with van der Waals surface area (Å²) in [6, 6.07) is 5.61. The molecule has 0 aliphatic heterocycles. The minimum atomic E-state index is 0.00631. The minimum Gasteiger partial charge on any atom is -0.497 e. The number of methoxy groups -OCH3 is 1. The highest BCUT2D eigenvalue weighted by Crippen LogP contribution is 2.25. The zero-order valence-corrected chi connectivity index (χ0v) is 12.6. The van der Waals surface area contributed by atoms with Crippen LogP contribution in [0.25, 0.3) is 11.0 Å². The quantitative estimate of drug-likeness (QED) is 0.731. The molecule has 1 heterocycles. The highest BCUT2D eigenvalue weighted by Gasteiger charge is 2.10. The van der Waals surface area contributed by atoms with E-state index in [0.717, 1.165) is 41.8 Å². The van der Waals surface area contributed by atoms with Crippen molar-refractivity contribution in [3.8, 4) is 5.75 Å². The van der Waals surface area contributed by atoms with Gasteiger partial charge in [-0.1, -0.05) is 6.92 Å². The van der Waals surface area contributed by atoms with Crippen molar-refractivity contribution < 1.29 is 13.9 Å². The van der Waals surface area contributed by atoms with Gasteiger partial charge in [0.05, 0.1) is 19.8 Å². The Labute approximate surface area is 124 Å². The second kappa shape index (κ2) is 7.69. The second-order valence-corrected chi connectivity index (χ2v) is 4.90. The number of carbonyl (C=O) groups is 1. The maximum Gasteiger partial charge on any atom is 0.224 e. The number of ether oxygens (including phenoxy) is 1. The van der Waals surface area contributed by atoms with Gasteiger partial charge >= 0.3 is 0 Å². The van der Waals surface area contributed by atoms with Crippen molar-refractivity contribution in [1.82, 2.24) is 10.6 Å². The Morgan fingerprint density at radius 2 is 2.14 bits per heavy atom. The second-order valence-electron chi connectivity index (χ2n) is 4.90. The Morgan fingerprint density at radius 3 is 2.90 bits per heavy atom. The molecule has 0 aliphatic rings. The molecule has 0 aliphatic carbocycles. The van der Waals surface area contributed by atoms with Crippen molar-refractivity contribution in [2.75, 3.05) is 26.7 Å². The number of hydrogen-bond donors (Lipinski definition) is 2. The van der Waals surface area contributed by atoms with Crippen molar-refractivity contribution in [3.05, 3.63) is 30.0 Å². The van der Waals surface area contributed by atoms with E-state index in [1.54, 1.807) is 13.4 Å². The first-order valence-corrected chi connectivity index (χ1v) is 7.26. The molecule has 0 spiro atoms. The van der Waals surface area contributed by atoms with Gasteiger partial charge in [0.1, 0.15) is 11.3 Å². The molecule has 2 rings (SSSR count). The van der Waals surface area contributed by atoms with Crippen LogP contribution in [0.3, 0.4) is 0 Å². The van der Waals surface area contributed by atoms with E-state index < -0.39 is 0 Å². The smallest absolute Gasteiger partial charge is 0.224 e. The van der Waals surface area contributed by atoms with E-state index in [1.165, 1.54) is 0 Å². The molecule has 5 nitrogen and oxygen atoms in total. The van der Waals surface area contributed by atoms with Crippen LogP contribution in [0.2, 0.25) is 0 Å². The average molecular weight is 290 g/mol. The average Bonchev–Trinajstić information content (AvgIpc) is 2.89. The molecule has 2 aromatic rings. The molecule has 0 saturated carbocycles. The third kappa shape index (κ3) is 4.23. The standard InChI is InChI=1S/C16H22N2O3/c1-3-6-17-7-8-18-16(19)9-12-11-21-15-10-13(20-2)4-5-14(12)15/h4-5,10-11,17H,3,6-9H2,1-2H3,(H,18,19). The zero-order valence-electron chi connectivity index (χ0n) is 12.6. The van der Waals surface area contributed by atoms with Crippen LogP contribution in [-0.4, -0.2) is 32.7 Å². The number of rotatable bonds is 8. The maximum absolute atomic E-state index is 11.9. The van der Waals surface area contributed by atoms with Crippen LogP contribution in [0.4, 0.5) is 0 Å². The zero-order chi connectivity index (χ0) is 15.1. The van der Waals surface area contributed by atoms with E-state index in [1.807, 2.05) is 18.2 Å². The fraction of sp³-hybridized carbons (Fsp3) is 0.438. The first-order chi connectivity index (χ1) is 10.2. The molecular weight excluding hydrogens is 268 g/mol. The first-order valence-electron chi connectivity index (χ1n) is 7.26. The summed E-state index contributed by atoms with van der Waals surface area (Å²) in [5, 5.41) is 7.10. The van der Waals surface area contributed by atoms with Crippen molar-refractivity contribution in [2.24, 2.45) is 0 Å². The first kappa shape index (κ1) is 15.4. The van der Waals surface area contributed by atoms with Gasteiger partial charge in [-0.3, -0.25) is 4.79 Å². The number of amides is 1. The van der Waals surface area contributed by atoms with Crippen LogP contribution >= 0.6 is 0 Å². The highest BCUT2D eigenvalue weighted by molar-refractivity contribution is 5.88. The van der Waals surface area contributed by atoms with E-state index in [4.69, 9.17) is 9.15 Å². The fourth-order valence-electron chi connectivity index (χ4n) is 2.15. The number of nitrogens with one attached hydrogen (secondary N) is 2. The van der Waals surface area contributed by atoms with Crippen LogP contribution in [0.5, 0.6) is 5.75 Å². The lowest BCUT2D eigenvalue weighted by Gasteiger charge is -2.05. The molecule has 2 N–H and O–H groups in total. The molecule has 0 saturated heterocycles. The highest BCUT2D eigenvalue weighted by atomic mass is 16.5. The molecule has 1 amide bonds. The monoisotopic (exact) mass is 290 g/mol. The van der Waals surface area contributed by atoms with Gasteiger partial charge in [-0.05, 0) is 25.1 Å². The van der Waals surface area contributed by atoms with E-state index in [-0.39, 0.29) is 5.91 Å². The Bertz CT molecular complexity index is 592. The molecular formula is C16H22N2O3. The van der Waals surface area contributed by atoms with Gasteiger partial charge in [-0.2, -0.15) is 0 Å². The molecule has 114 valence electrons. The van der Waals surface area contributed by atoms with Crippen molar-refractivity contribution in [1.29, 1.82) is 0 Å². The third-order valence-corrected chi connectivity index (χ3v) is 3.26. The summed E-state index contributed by atoms with van der Waals surface area (Å²) < 4.78 is 10.6. The Kier molecular flexibility index (Phi) is 5.63. The Balaban J connectivity index is 1.89. The predicted octanol–water partition coefficient (Wildman–Crippen LogP) is 2.10. The van der Waals surface area contributed by atoms with Gasteiger partial charge in [-0.25, -0.2) is 0 Å². The minimum absolute atomic E-state index is 0.00631. The number of fused-ring (bicyclic) bond motifs is 1. The lowest BCUT2D eigenvalue weighted by Crippen LogP contribution is -2.32. The summed E-state index contributed by atoms with van der Waals surface area (Å²) >= 11 is 0. The van der Waals surface area contributed by atoms with Crippen molar-refractivity contribution in [2.45, 2.75) is 19.8 Å². The molecule has 1 aromatic carbocycles. The van der Waals surface area contributed by atoms with Crippen LogP contribution in [-0.2, 0) is 11.2 Å². The molecule has 5 heteroatoms. The summed E-state index contributed by atoms with van der Waals surface area (Å²) in [4.78, 5) is 11.9. The molecule has 0 radical (unpaired) electrons. The number of furan rings is 1. The van der Waals surface area contributed by atoms with E-state index in [9.17, 15) is 4.79 Å². The summed E-state index contributed by atoms with van der Waals surface area (Å²) in [6.45, 7) is 4.53. The molecule has 0 bridgehead atoms. The van der Waals surface area contributed by atoms with Gasteiger partial charge in [0.15, 0.2) is 0 Å². The molecule has 21 heavy (non-hydrogen) atoms. The normalized spacial score (nSPS) is 10.8. The number of carbonyl (C=O) groups excluding carboxylic acids is 1. The largest absolute Gasteiger partial charge is 0.497 e. The Hall–Kier alpha value is -2.01. The topological polar surface area (TPSA) is 63.5 Å². The summed E-state index contributed by atoms with van der Waals surface area (Å²) in [5.74, 6) is 0.752. The number of hydrogen-bond acceptors (Lipinski definition) is 4. The third-order valence-electron chi connectivity index (χ3n) is 3.26. The van der Waals surface area contributed by atoms with E-state index in [0.29, 0.717) is 13.0 Å². The van der Waals surface area contributed by atoms with Crippen molar-refractivity contribution >= 4 is 16.9 Å². The van der Waals surface area contributed by atoms with E-state index in [2.05, 4.69) is 17.6 Å². The van der Waals surface area contributed by atoms with Gasteiger partial charge in [0.2, 0.25) is 5.91 Å². The van der Waals surface area contributed by atoms with Gasteiger partial charge in [0.25, 0.3) is 0 Å². The number of benzene rings is 1. The SMILES string of the molecule is CCCNCCNC(=O)Cc1coc2cc(OC)ccc12. The van der Waals surface area contributed by atoms with Gasteiger partial charge in [0, 0.05) is 30.1 Å². The summed E-state index contributed by atoms with van der Waals surface area (Å²) in [5.41, 5.74) is 1.63. The Morgan fingerprint density at radius 1 is 1.29 bits per heavy atom. The lowest BCUT2D eigenvalue weighted by atomic mass is 10.1. The fourth-order valence-corrected chi connectivity index (χ4v) is 2.15. The summed E-state index contributed by atoms with van der Waals surface area (Å²) in [7, 11) is 1.62. The molecule has 0 unspecified atom stereocenters. The molecule has 0 atom stereocenters. The van der Waals surface area contributed by atoms with E-state index >= 15 is 0 Å². The summed E-state index contributed by atoms with van der Waals surface area (Å²) in [6.07, 6.45) is 3.06. The van der Waals surface area contributed by atoms with Crippen LogP contribution in [0, 0.1) is 0 Å². The molecule has 1 aromatic heterocycles. The van der Waals surface area contributed by atoms with Crippen LogP contribution < -0.4 is 15.4 Å². The van der Waals surface area contributed by atoms with Crippen LogP contribution in [0.1, 0.15) is 18.9 Å². The maximum atomic E-state index is 11.9. The predicted molar refractivity (Wildman–Crippen MR) is 82.6 cm³/mol. The van der Waals surface area contributed by atoms with Gasteiger partial charge < -0.3 is 19.8 Å².